The minimum atomic E-state index is -1.08. The topological polar surface area (TPSA) is 151 Å². The van der Waals surface area contributed by atoms with E-state index in [-0.39, 0.29) is 30.8 Å². The Bertz CT molecular complexity index is 1140. The van der Waals surface area contributed by atoms with Crippen molar-refractivity contribution in [1.82, 2.24) is 10.6 Å². The largest absolute Gasteiger partial charge is 0.504 e. The minimum Gasteiger partial charge on any atom is -0.504 e. The van der Waals surface area contributed by atoms with Gasteiger partial charge < -0.3 is 31.3 Å². The van der Waals surface area contributed by atoms with Crippen molar-refractivity contribution in [2.24, 2.45) is 5.73 Å². The first-order chi connectivity index (χ1) is 16.8. The third kappa shape index (κ3) is 7.30. The summed E-state index contributed by atoms with van der Waals surface area (Å²) in [7, 11) is 19.3. The SMILES string of the molecule is [B]c1cc(CCC(NC(=O)[C@@H](N)Cc2ccc(O)c(O)c2)C(=O)NC(C)C(=O)OC)c([B])c([B])c1C. The van der Waals surface area contributed by atoms with Gasteiger partial charge in [-0.2, -0.15) is 0 Å². The van der Waals surface area contributed by atoms with Crippen LogP contribution >= 0.6 is 0 Å². The van der Waals surface area contributed by atoms with Crippen LogP contribution in [0.2, 0.25) is 0 Å². The lowest BCUT2D eigenvalue weighted by Gasteiger charge is -2.23. The molecule has 9 nitrogen and oxygen atoms in total. The number of nitrogens with two attached hydrogens (primary N) is 1. The van der Waals surface area contributed by atoms with Crippen molar-refractivity contribution in [2.75, 3.05) is 7.11 Å². The maximum absolute atomic E-state index is 13.0. The molecule has 36 heavy (non-hydrogen) atoms. The van der Waals surface area contributed by atoms with Gasteiger partial charge in [0.05, 0.1) is 13.2 Å². The van der Waals surface area contributed by atoms with Crippen LogP contribution < -0.4 is 32.8 Å². The van der Waals surface area contributed by atoms with Crippen molar-refractivity contribution in [3.63, 3.8) is 0 Å². The van der Waals surface area contributed by atoms with E-state index >= 15 is 0 Å². The second-order valence-electron chi connectivity index (χ2n) is 8.56. The summed E-state index contributed by atoms with van der Waals surface area (Å²) in [5.74, 6) is -2.56. The van der Waals surface area contributed by atoms with Crippen molar-refractivity contribution < 1.29 is 29.3 Å². The van der Waals surface area contributed by atoms with E-state index in [2.05, 4.69) is 15.4 Å². The summed E-state index contributed by atoms with van der Waals surface area (Å²) in [5, 5.41) is 24.2. The summed E-state index contributed by atoms with van der Waals surface area (Å²) < 4.78 is 4.64. The molecule has 0 heterocycles. The molecular formula is C24H28B3N3O6. The van der Waals surface area contributed by atoms with E-state index in [1.165, 1.54) is 32.2 Å². The molecule has 0 aromatic heterocycles. The van der Waals surface area contributed by atoms with E-state index < -0.39 is 35.9 Å². The van der Waals surface area contributed by atoms with Crippen LogP contribution in [0.25, 0.3) is 0 Å². The number of phenols is 2. The van der Waals surface area contributed by atoms with Crippen LogP contribution in [0.3, 0.4) is 0 Å². The van der Waals surface area contributed by atoms with Gasteiger partial charge in [0.2, 0.25) is 11.8 Å². The zero-order chi connectivity index (χ0) is 27.2. The smallest absolute Gasteiger partial charge is 0.328 e. The number of rotatable bonds is 10. The number of hydrogen-bond donors (Lipinski definition) is 5. The van der Waals surface area contributed by atoms with Crippen molar-refractivity contribution in [3.05, 3.63) is 41.0 Å². The summed E-state index contributed by atoms with van der Waals surface area (Å²) in [6, 6.07) is 2.65. The predicted molar refractivity (Wildman–Crippen MR) is 139 cm³/mol. The van der Waals surface area contributed by atoms with Gasteiger partial charge in [-0.1, -0.05) is 28.7 Å². The summed E-state index contributed by atoms with van der Waals surface area (Å²) >= 11 is 0. The van der Waals surface area contributed by atoms with Crippen LogP contribution in [-0.2, 0) is 32.0 Å². The lowest BCUT2D eigenvalue weighted by atomic mass is 9.70. The first-order valence-electron chi connectivity index (χ1n) is 11.2. The number of carbonyl (C=O) groups excluding carboxylic acids is 3. The number of methoxy groups -OCH3 is 1. The predicted octanol–water partition coefficient (Wildman–Crippen LogP) is -2.55. The number of phenolic OH excluding ortho intramolecular Hbond substituents is 2. The molecule has 6 N–H and O–H groups in total. The molecule has 0 aliphatic carbocycles. The third-order valence-electron chi connectivity index (χ3n) is 5.88. The molecule has 0 spiro atoms. The fourth-order valence-corrected chi connectivity index (χ4v) is 3.55. The molecule has 3 atom stereocenters. The van der Waals surface area contributed by atoms with E-state index in [4.69, 9.17) is 29.3 Å². The second-order valence-corrected chi connectivity index (χ2v) is 8.56. The molecule has 12 heteroatoms. The van der Waals surface area contributed by atoms with Crippen molar-refractivity contribution in [1.29, 1.82) is 0 Å². The number of benzene rings is 2. The first-order valence-corrected chi connectivity index (χ1v) is 11.2. The highest BCUT2D eigenvalue weighted by atomic mass is 16.5. The van der Waals surface area contributed by atoms with Crippen LogP contribution in [-0.4, -0.2) is 76.8 Å². The van der Waals surface area contributed by atoms with Crippen molar-refractivity contribution in [3.8, 4) is 11.5 Å². The van der Waals surface area contributed by atoms with Gasteiger partial charge in [0.1, 0.15) is 35.6 Å². The number of amides is 2. The lowest BCUT2D eigenvalue weighted by molar-refractivity contribution is -0.144. The molecule has 2 rings (SSSR count). The number of carbonyl (C=O) groups is 3. The van der Waals surface area contributed by atoms with E-state index in [1.54, 1.807) is 13.0 Å². The zero-order valence-corrected chi connectivity index (χ0v) is 20.5. The highest BCUT2D eigenvalue weighted by molar-refractivity contribution is 6.51. The molecule has 184 valence electrons. The molecule has 0 fully saturated rings. The van der Waals surface area contributed by atoms with Crippen molar-refractivity contribution >= 4 is 57.7 Å². The molecule has 2 aromatic carbocycles. The summed E-state index contributed by atoms with van der Waals surface area (Å²) in [4.78, 5) is 37.5. The zero-order valence-electron chi connectivity index (χ0n) is 20.5. The van der Waals surface area contributed by atoms with E-state index in [0.717, 1.165) is 0 Å². The van der Waals surface area contributed by atoms with Crippen LogP contribution in [0.1, 0.15) is 30.0 Å². The first kappa shape index (κ1) is 28.8. The molecule has 0 saturated heterocycles. The van der Waals surface area contributed by atoms with E-state index in [1.807, 2.05) is 0 Å². The monoisotopic (exact) mass is 487 g/mol. The molecule has 0 aliphatic heterocycles. The third-order valence-corrected chi connectivity index (χ3v) is 5.88. The van der Waals surface area contributed by atoms with Crippen LogP contribution in [0.5, 0.6) is 11.5 Å². The van der Waals surface area contributed by atoms with Gasteiger partial charge in [-0.25, -0.2) is 4.79 Å². The number of ether oxygens (including phenoxy) is 1. The number of esters is 1. The van der Waals surface area contributed by atoms with Gasteiger partial charge >= 0.3 is 5.97 Å². The molecule has 0 saturated carbocycles. The minimum absolute atomic E-state index is 0.0323. The summed E-state index contributed by atoms with van der Waals surface area (Å²) in [6.45, 7) is 3.19. The Morgan fingerprint density at radius 3 is 2.31 bits per heavy atom. The fraction of sp³-hybridized carbons (Fsp3) is 0.375. The average Bonchev–Trinajstić information content (AvgIpc) is 2.84. The van der Waals surface area contributed by atoms with Crippen molar-refractivity contribution in [2.45, 2.75) is 51.2 Å². The Morgan fingerprint density at radius 2 is 1.69 bits per heavy atom. The second kappa shape index (κ2) is 12.5. The Balaban J connectivity index is 2.19. The van der Waals surface area contributed by atoms with Gasteiger partial charge in [0.15, 0.2) is 11.5 Å². The molecule has 0 bridgehead atoms. The normalized spacial score (nSPS) is 13.3. The molecule has 6 radical (unpaired) electrons. The van der Waals surface area contributed by atoms with Crippen LogP contribution in [0.15, 0.2) is 24.3 Å². The van der Waals surface area contributed by atoms with Gasteiger partial charge in [0.25, 0.3) is 0 Å². The van der Waals surface area contributed by atoms with Gasteiger partial charge in [-0.3, -0.25) is 9.59 Å². The Hall–Kier alpha value is -3.40. The highest BCUT2D eigenvalue weighted by Gasteiger charge is 2.27. The highest BCUT2D eigenvalue weighted by Crippen LogP contribution is 2.25. The van der Waals surface area contributed by atoms with E-state index in [9.17, 15) is 24.6 Å². The summed E-state index contributed by atoms with van der Waals surface area (Å²) in [6.07, 6.45) is 0.376. The number of hydrogen-bond acceptors (Lipinski definition) is 7. The van der Waals surface area contributed by atoms with Gasteiger partial charge in [-0.05, 0) is 50.8 Å². The maximum atomic E-state index is 13.0. The standard InChI is InChI=1S/C24H28B3N3O6/c1-11-15(25)10-14(21(27)20(11)26)5-6-17(23(34)29-12(2)24(35)36-3)30-22(33)16(28)8-13-4-7-18(31)19(32)9-13/h4,7,9-10,12,16-17,31-32H,5-6,8,28H2,1-3H3,(H,29,34)(H,30,33)/t12?,16-,17?/m0/s1. The Kier molecular flexibility index (Phi) is 10.0. The number of aryl methyl sites for hydroxylation is 1. The number of aromatic hydroxyl groups is 2. The Morgan fingerprint density at radius 1 is 1.03 bits per heavy atom. The fourth-order valence-electron chi connectivity index (χ4n) is 3.55. The van der Waals surface area contributed by atoms with Crippen LogP contribution in [0, 0.1) is 6.92 Å². The molecule has 2 amide bonds. The summed E-state index contributed by atoms with van der Waals surface area (Å²) in [5.41, 5.74) is 8.91. The van der Waals surface area contributed by atoms with Crippen LogP contribution in [0.4, 0.5) is 0 Å². The number of nitrogens with one attached hydrogen (secondary N) is 2. The van der Waals surface area contributed by atoms with Gasteiger partial charge in [-0.15, -0.1) is 10.9 Å². The maximum Gasteiger partial charge on any atom is 0.328 e. The molecule has 0 aliphatic rings. The van der Waals surface area contributed by atoms with E-state index in [0.29, 0.717) is 33.1 Å². The average molecular weight is 487 g/mol. The molecule has 2 aromatic rings. The molecule has 2 unspecified atom stereocenters. The van der Waals surface area contributed by atoms with Gasteiger partial charge in [0, 0.05) is 0 Å². The lowest BCUT2D eigenvalue weighted by Crippen LogP contribution is -2.54. The quantitative estimate of drug-likeness (QED) is 0.141. The Labute approximate surface area is 214 Å². The molecular weight excluding hydrogens is 459 g/mol.